The van der Waals surface area contributed by atoms with E-state index in [2.05, 4.69) is 39.3 Å². The van der Waals surface area contributed by atoms with Crippen molar-refractivity contribution in [2.45, 2.75) is 63.5 Å². The maximum atomic E-state index is 13.2. The largest absolute Gasteiger partial charge is 0.331 e. The minimum Gasteiger partial charge on any atom is -0.331 e. The zero-order valence-electron chi connectivity index (χ0n) is 18.2. The third-order valence-corrected chi connectivity index (χ3v) is 7.01. The van der Waals surface area contributed by atoms with E-state index in [-0.39, 0.29) is 5.91 Å². The molecule has 0 bridgehead atoms. The fraction of sp³-hybridized carbons (Fsp3) is 0.423. The second kappa shape index (κ2) is 8.29. The van der Waals surface area contributed by atoms with Crippen LogP contribution in [0.3, 0.4) is 0 Å². The van der Waals surface area contributed by atoms with Gasteiger partial charge in [-0.15, -0.1) is 0 Å². The van der Waals surface area contributed by atoms with E-state index in [0.29, 0.717) is 17.7 Å². The number of nitrogens with two attached hydrogens (primary N) is 1. The highest BCUT2D eigenvalue weighted by Gasteiger charge is 2.36. The van der Waals surface area contributed by atoms with Crippen molar-refractivity contribution in [3.05, 3.63) is 69.8 Å². The Morgan fingerprint density at radius 3 is 2.52 bits per heavy atom. The van der Waals surface area contributed by atoms with E-state index in [9.17, 15) is 4.79 Å². The molecular formula is C26H30N4O. The zero-order valence-corrected chi connectivity index (χ0v) is 18.2. The number of carbonyl (C=O) groups excluding carboxylic acids is 1. The van der Waals surface area contributed by atoms with Crippen LogP contribution in [0.2, 0.25) is 0 Å². The molecule has 0 atom stereocenters. The lowest BCUT2D eigenvalue weighted by atomic mass is 9.92. The number of fused-ring (bicyclic) bond motifs is 1. The van der Waals surface area contributed by atoms with Gasteiger partial charge in [0.25, 0.3) is 5.91 Å². The predicted octanol–water partition coefficient (Wildman–Crippen LogP) is 4.42. The van der Waals surface area contributed by atoms with E-state index in [1.54, 1.807) is 13.3 Å². The monoisotopic (exact) mass is 414 g/mol. The van der Waals surface area contributed by atoms with Crippen LogP contribution in [0.5, 0.6) is 0 Å². The number of hydrogen-bond acceptors (Lipinski definition) is 4. The van der Waals surface area contributed by atoms with E-state index in [1.165, 1.54) is 47.9 Å². The van der Waals surface area contributed by atoms with Crippen LogP contribution in [0.4, 0.5) is 0 Å². The van der Waals surface area contributed by atoms with Gasteiger partial charge < -0.3 is 10.7 Å². The Hall–Kier alpha value is -2.95. The van der Waals surface area contributed by atoms with Gasteiger partial charge in [-0.25, -0.2) is 0 Å². The summed E-state index contributed by atoms with van der Waals surface area (Å²) >= 11 is 0. The molecule has 2 aromatic rings. The van der Waals surface area contributed by atoms with Gasteiger partial charge in [0.1, 0.15) is 5.71 Å². The molecule has 1 aliphatic heterocycles. The van der Waals surface area contributed by atoms with E-state index in [1.807, 2.05) is 12.1 Å². The molecule has 31 heavy (non-hydrogen) atoms. The summed E-state index contributed by atoms with van der Waals surface area (Å²) in [7, 11) is 1.71. The lowest BCUT2D eigenvalue weighted by Crippen LogP contribution is -2.33. The molecule has 1 heterocycles. The number of hydrazone groups is 1. The molecule has 2 aliphatic carbocycles. The van der Waals surface area contributed by atoms with Gasteiger partial charge in [0.05, 0.1) is 0 Å². The Balaban J connectivity index is 1.42. The van der Waals surface area contributed by atoms with E-state index >= 15 is 0 Å². The summed E-state index contributed by atoms with van der Waals surface area (Å²) in [6, 6.07) is 13.3. The van der Waals surface area contributed by atoms with E-state index < -0.39 is 0 Å². The molecule has 5 nitrogen and oxygen atoms in total. The number of rotatable bonds is 6. The summed E-state index contributed by atoms with van der Waals surface area (Å²) in [6.07, 6.45) is 9.85. The smallest absolute Gasteiger partial charge is 0.254 e. The first-order valence-corrected chi connectivity index (χ1v) is 11.4. The number of benzene rings is 2. The fourth-order valence-corrected chi connectivity index (χ4v) is 5.20. The topological polar surface area (TPSA) is 71.0 Å². The summed E-state index contributed by atoms with van der Waals surface area (Å²) in [5.41, 5.74) is 7.77. The summed E-state index contributed by atoms with van der Waals surface area (Å²) in [4.78, 5) is 19.3. The highest BCUT2D eigenvalue weighted by Crippen LogP contribution is 2.44. The van der Waals surface area contributed by atoms with Crippen molar-refractivity contribution < 1.29 is 4.79 Å². The summed E-state index contributed by atoms with van der Waals surface area (Å²) in [5.74, 6) is 6.39. The Bertz CT molecular complexity index is 1040. The lowest BCUT2D eigenvalue weighted by Gasteiger charge is -2.23. The fourth-order valence-electron chi connectivity index (χ4n) is 5.20. The molecule has 2 aromatic carbocycles. The van der Waals surface area contributed by atoms with Crippen LogP contribution < -0.4 is 5.84 Å². The van der Waals surface area contributed by atoms with Gasteiger partial charge in [-0.2, -0.15) is 5.10 Å². The molecule has 0 unspecified atom stereocenters. The van der Waals surface area contributed by atoms with Crippen LogP contribution in [0.1, 0.15) is 82.6 Å². The molecule has 0 saturated heterocycles. The van der Waals surface area contributed by atoms with Gasteiger partial charge in [0.2, 0.25) is 0 Å². The molecule has 0 radical (unpaired) electrons. The normalized spacial score (nSPS) is 19.6. The van der Waals surface area contributed by atoms with Gasteiger partial charge in [-0.3, -0.25) is 9.79 Å². The van der Waals surface area contributed by atoms with Crippen LogP contribution in [0.15, 0.2) is 46.5 Å². The first-order valence-electron chi connectivity index (χ1n) is 11.4. The van der Waals surface area contributed by atoms with Crippen molar-refractivity contribution in [1.29, 1.82) is 0 Å². The molecule has 160 valence electrons. The predicted molar refractivity (Wildman–Crippen MR) is 125 cm³/mol. The van der Waals surface area contributed by atoms with Crippen molar-refractivity contribution in [1.82, 2.24) is 4.90 Å². The third kappa shape index (κ3) is 3.89. The van der Waals surface area contributed by atoms with Crippen molar-refractivity contribution in [3.8, 4) is 0 Å². The van der Waals surface area contributed by atoms with Crippen LogP contribution in [-0.2, 0) is 13.0 Å². The maximum absolute atomic E-state index is 13.2. The molecule has 0 spiro atoms. The highest BCUT2D eigenvalue weighted by atomic mass is 16.2. The standard InChI is InChI=1S/C26H30N4O/c1-28-15-25(29-27)19-8-6-17(7-9-19)12-20-13-24-21(14-23(20)18-10-11-18)16-30(26(24)31)22-4-2-3-5-22/h6-9,13-15,18,22H,2-5,10-12,16,27H2,1H3. The quantitative estimate of drug-likeness (QED) is 0.432. The van der Waals surface area contributed by atoms with Gasteiger partial charge in [0, 0.05) is 37.0 Å². The van der Waals surface area contributed by atoms with Gasteiger partial charge in [-0.05, 0) is 66.3 Å². The number of hydrogen-bond donors (Lipinski definition) is 1. The average molecular weight is 415 g/mol. The SMILES string of the molecule is CN=CC(=NN)c1ccc(Cc2cc3c(cc2C2CC2)CN(C2CCCC2)C3=O)cc1. The van der Waals surface area contributed by atoms with Gasteiger partial charge in [0.15, 0.2) is 0 Å². The van der Waals surface area contributed by atoms with Crippen LogP contribution >= 0.6 is 0 Å². The van der Waals surface area contributed by atoms with Crippen LogP contribution in [-0.4, -0.2) is 35.8 Å². The first-order chi connectivity index (χ1) is 15.2. The molecule has 5 rings (SSSR count). The number of carbonyl (C=O) groups is 1. The molecule has 0 aromatic heterocycles. The number of aliphatic imine (C=N–C) groups is 1. The second-order valence-corrected chi connectivity index (χ2v) is 9.13. The van der Waals surface area contributed by atoms with E-state index in [4.69, 9.17) is 5.84 Å². The van der Waals surface area contributed by atoms with Crippen molar-refractivity contribution in [2.75, 3.05) is 7.05 Å². The van der Waals surface area contributed by atoms with Crippen LogP contribution in [0.25, 0.3) is 0 Å². The highest BCUT2D eigenvalue weighted by molar-refractivity contribution is 6.38. The van der Waals surface area contributed by atoms with Gasteiger partial charge in [-0.1, -0.05) is 43.2 Å². The van der Waals surface area contributed by atoms with Crippen molar-refractivity contribution in [3.63, 3.8) is 0 Å². The Morgan fingerprint density at radius 2 is 1.87 bits per heavy atom. The molecule has 1 amide bonds. The van der Waals surface area contributed by atoms with Crippen LogP contribution in [0, 0.1) is 0 Å². The minimum absolute atomic E-state index is 0.239. The number of nitrogens with zero attached hydrogens (tertiary/aromatic N) is 3. The van der Waals surface area contributed by atoms with Crippen molar-refractivity contribution in [2.24, 2.45) is 15.9 Å². The van der Waals surface area contributed by atoms with Crippen molar-refractivity contribution >= 4 is 17.8 Å². The molecule has 2 N–H and O–H groups in total. The van der Waals surface area contributed by atoms with Gasteiger partial charge >= 0.3 is 0 Å². The van der Waals surface area contributed by atoms with E-state index in [0.717, 1.165) is 36.9 Å². The molecule has 2 saturated carbocycles. The first kappa shape index (κ1) is 20.0. The molecule has 2 fully saturated rings. The zero-order chi connectivity index (χ0) is 21.4. The maximum Gasteiger partial charge on any atom is 0.254 e. The summed E-state index contributed by atoms with van der Waals surface area (Å²) in [5, 5.41) is 3.82. The summed E-state index contributed by atoms with van der Waals surface area (Å²) in [6.45, 7) is 0.799. The summed E-state index contributed by atoms with van der Waals surface area (Å²) < 4.78 is 0. The molecule has 3 aliphatic rings. The Kier molecular flexibility index (Phi) is 5.34. The Morgan fingerprint density at radius 1 is 1.13 bits per heavy atom. The number of amides is 1. The molecule has 5 heteroatoms. The lowest BCUT2D eigenvalue weighted by molar-refractivity contribution is 0.0707. The minimum atomic E-state index is 0.239. The second-order valence-electron chi connectivity index (χ2n) is 9.13. The molecular weight excluding hydrogens is 384 g/mol. The third-order valence-electron chi connectivity index (χ3n) is 7.01. The Labute approximate surface area is 184 Å². The average Bonchev–Trinajstić information content (AvgIpc) is 3.39.